The molecular formula is C22H28N2O2. The van der Waals surface area contributed by atoms with Crippen LogP contribution in [0.3, 0.4) is 0 Å². The lowest BCUT2D eigenvalue weighted by Crippen LogP contribution is -2.35. The van der Waals surface area contributed by atoms with E-state index < -0.39 is 0 Å². The van der Waals surface area contributed by atoms with Gasteiger partial charge in [0.1, 0.15) is 11.9 Å². The number of ether oxygens (including phenoxy) is 1. The molecule has 1 amide bonds. The Bertz CT molecular complexity index is 793. The van der Waals surface area contributed by atoms with Crippen molar-refractivity contribution in [3.63, 3.8) is 0 Å². The lowest BCUT2D eigenvalue weighted by atomic mass is 10.1. The molecule has 4 nitrogen and oxygen atoms in total. The zero-order valence-electron chi connectivity index (χ0n) is 16.1. The van der Waals surface area contributed by atoms with Gasteiger partial charge >= 0.3 is 0 Å². The van der Waals surface area contributed by atoms with Gasteiger partial charge < -0.3 is 15.0 Å². The zero-order chi connectivity index (χ0) is 18.7. The highest BCUT2D eigenvalue weighted by atomic mass is 16.5. The molecule has 2 aromatic rings. The van der Waals surface area contributed by atoms with Crippen molar-refractivity contribution >= 4 is 11.6 Å². The van der Waals surface area contributed by atoms with Crippen LogP contribution in [0.5, 0.6) is 5.75 Å². The molecule has 2 aromatic carbocycles. The van der Waals surface area contributed by atoms with Crippen molar-refractivity contribution in [2.75, 3.05) is 25.5 Å². The molecule has 4 heteroatoms. The fourth-order valence-corrected chi connectivity index (χ4v) is 3.20. The molecule has 0 unspecified atom stereocenters. The molecule has 0 radical (unpaired) electrons. The van der Waals surface area contributed by atoms with Crippen molar-refractivity contribution in [1.82, 2.24) is 4.90 Å². The summed E-state index contributed by atoms with van der Waals surface area (Å²) in [5, 5.41) is 3.04. The number of nitrogens with one attached hydrogen (secondary N) is 1. The molecular weight excluding hydrogens is 324 g/mol. The predicted molar refractivity (Wildman–Crippen MR) is 106 cm³/mol. The summed E-state index contributed by atoms with van der Waals surface area (Å²) in [5.41, 5.74) is 4.80. The highest BCUT2D eigenvalue weighted by Gasteiger charge is 2.20. The van der Waals surface area contributed by atoms with E-state index in [-0.39, 0.29) is 12.0 Å². The first-order valence-corrected chi connectivity index (χ1v) is 9.27. The number of likely N-dealkylation sites (tertiary alicyclic amines) is 1. The maximum Gasteiger partial charge on any atom is 0.255 e. The fourth-order valence-electron chi connectivity index (χ4n) is 3.20. The maximum absolute atomic E-state index is 12.7. The molecule has 0 saturated carbocycles. The number of benzene rings is 2. The SMILES string of the molecule is Cc1ccc(OC2CCN(C)CC2)c(NC(=O)c2ccc(C)c(C)c2)c1. The van der Waals surface area contributed by atoms with E-state index in [0.29, 0.717) is 5.56 Å². The van der Waals surface area contributed by atoms with Crippen LogP contribution in [-0.4, -0.2) is 37.0 Å². The highest BCUT2D eigenvalue weighted by molar-refractivity contribution is 6.05. The van der Waals surface area contributed by atoms with Crippen LogP contribution in [0.4, 0.5) is 5.69 Å². The van der Waals surface area contributed by atoms with Crippen molar-refractivity contribution in [3.05, 3.63) is 58.7 Å². The van der Waals surface area contributed by atoms with E-state index in [9.17, 15) is 4.79 Å². The molecule has 0 aromatic heterocycles. The van der Waals surface area contributed by atoms with Crippen molar-refractivity contribution in [2.24, 2.45) is 0 Å². The molecule has 1 N–H and O–H groups in total. The number of hydrogen-bond donors (Lipinski definition) is 1. The summed E-state index contributed by atoms with van der Waals surface area (Å²) < 4.78 is 6.23. The number of piperidine rings is 1. The third kappa shape index (κ3) is 4.44. The van der Waals surface area contributed by atoms with Crippen LogP contribution in [0.15, 0.2) is 36.4 Å². The van der Waals surface area contributed by atoms with Gasteiger partial charge in [-0.3, -0.25) is 4.79 Å². The minimum absolute atomic E-state index is 0.105. The molecule has 3 rings (SSSR count). The molecule has 26 heavy (non-hydrogen) atoms. The average Bonchev–Trinajstić information content (AvgIpc) is 2.61. The average molecular weight is 352 g/mol. The Morgan fingerprint density at radius 1 is 1.04 bits per heavy atom. The first-order valence-electron chi connectivity index (χ1n) is 9.27. The topological polar surface area (TPSA) is 41.6 Å². The second-order valence-electron chi connectivity index (χ2n) is 7.37. The van der Waals surface area contributed by atoms with E-state index >= 15 is 0 Å². The monoisotopic (exact) mass is 352 g/mol. The summed E-state index contributed by atoms with van der Waals surface area (Å²) >= 11 is 0. The lowest BCUT2D eigenvalue weighted by Gasteiger charge is -2.30. The van der Waals surface area contributed by atoms with Gasteiger partial charge in [-0.25, -0.2) is 0 Å². The number of hydrogen-bond acceptors (Lipinski definition) is 3. The Balaban J connectivity index is 1.77. The molecule has 1 aliphatic rings. The van der Waals surface area contributed by atoms with Gasteiger partial charge in [0.05, 0.1) is 5.69 Å². The number of aryl methyl sites for hydroxylation is 3. The van der Waals surface area contributed by atoms with Crippen molar-refractivity contribution in [3.8, 4) is 5.75 Å². The van der Waals surface area contributed by atoms with E-state index in [0.717, 1.165) is 48.5 Å². The summed E-state index contributed by atoms with van der Waals surface area (Å²) in [5.74, 6) is 0.647. The van der Waals surface area contributed by atoms with E-state index in [4.69, 9.17) is 4.74 Å². The second kappa shape index (κ2) is 7.92. The van der Waals surface area contributed by atoms with Crippen molar-refractivity contribution < 1.29 is 9.53 Å². The van der Waals surface area contributed by atoms with Gasteiger partial charge in [-0.05, 0) is 81.6 Å². The Hall–Kier alpha value is -2.33. The first-order chi connectivity index (χ1) is 12.4. The van der Waals surface area contributed by atoms with Crippen LogP contribution in [-0.2, 0) is 0 Å². The van der Waals surface area contributed by atoms with Gasteiger partial charge in [-0.15, -0.1) is 0 Å². The zero-order valence-corrected chi connectivity index (χ0v) is 16.1. The molecule has 1 aliphatic heterocycles. The normalized spacial score (nSPS) is 15.7. The third-order valence-electron chi connectivity index (χ3n) is 5.11. The van der Waals surface area contributed by atoms with E-state index in [1.165, 1.54) is 5.56 Å². The van der Waals surface area contributed by atoms with Gasteiger partial charge in [0, 0.05) is 18.7 Å². The maximum atomic E-state index is 12.7. The van der Waals surface area contributed by atoms with Crippen LogP contribution < -0.4 is 10.1 Å². The number of carbonyl (C=O) groups excluding carboxylic acids is 1. The number of anilines is 1. The molecule has 1 heterocycles. The molecule has 1 fully saturated rings. The summed E-state index contributed by atoms with van der Waals surface area (Å²) in [6, 6.07) is 11.7. The van der Waals surface area contributed by atoms with Crippen LogP contribution in [0.1, 0.15) is 39.9 Å². The van der Waals surface area contributed by atoms with Gasteiger partial charge in [0.15, 0.2) is 0 Å². The molecule has 0 bridgehead atoms. The van der Waals surface area contributed by atoms with E-state index in [1.807, 2.05) is 57.2 Å². The predicted octanol–water partition coefficient (Wildman–Crippen LogP) is 4.34. The van der Waals surface area contributed by atoms with Gasteiger partial charge in [-0.1, -0.05) is 12.1 Å². The minimum atomic E-state index is -0.105. The molecule has 0 atom stereocenters. The first kappa shape index (κ1) is 18.5. The van der Waals surface area contributed by atoms with E-state index in [2.05, 4.69) is 17.3 Å². The second-order valence-corrected chi connectivity index (χ2v) is 7.37. The largest absolute Gasteiger partial charge is 0.488 e. The Morgan fingerprint density at radius 2 is 1.77 bits per heavy atom. The third-order valence-corrected chi connectivity index (χ3v) is 5.11. The molecule has 138 valence electrons. The number of carbonyl (C=O) groups is 1. The Kier molecular flexibility index (Phi) is 5.62. The number of amides is 1. The molecule has 0 spiro atoms. The molecule has 0 aliphatic carbocycles. The number of nitrogens with zero attached hydrogens (tertiary/aromatic N) is 1. The summed E-state index contributed by atoms with van der Waals surface area (Å²) in [6.07, 6.45) is 2.22. The van der Waals surface area contributed by atoms with E-state index in [1.54, 1.807) is 0 Å². The number of rotatable bonds is 4. The summed E-state index contributed by atoms with van der Waals surface area (Å²) in [6.45, 7) is 8.17. The van der Waals surface area contributed by atoms with Crippen LogP contribution in [0.25, 0.3) is 0 Å². The highest BCUT2D eigenvalue weighted by Crippen LogP contribution is 2.29. The Morgan fingerprint density at radius 3 is 2.46 bits per heavy atom. The minimum Gasteiger partial charge on any atom is -0.488 e. The van der Waals surface area contributed by atoms with Crippen molar-refractivity contribution in [2.45, 2.75) is 39.7 Å². The van der Waals surface area contributed by atoms with Crippen LogP contribution in [0, 0.1) is 20.8 Å². The van der Waals surface area contributed by atoms with Crippen LogP contribution >= 0.6 is 0 Å². The smallest absolute Gasteiger partial charge is 0.255 e. The van der Waals surface area contributed by atoms with Crippen molar-refractivity contribution in [1.29, 1.82) is 0 Å². The fraction of sp³-hybridized carbons (Fsp3) is 0.409. The Labute approximate surface area is 156 Å². The van der Waals surface area contributed by atoms with Gasteiger partial charge in [0.2, 0.25) is 0 Å². The standard InChI is InChI=1S/C22H28N2O2/c1-15-5-8-21(26-19-9-11-24(4)12-10-19)20(13-15)23-22(25)18-7-6-16(2)17(3)14-18/h5-8,13-14,19H,9-12H2,1-4H3,(H,23,25). The van der Waals surface area contributed by atoms with Crippen LogP contribution in [0.2, 0.25) is 0 Å². The quantitative estimate of drug-likeness (QED) is 0.890. The molecule has 1 saturated heterocycles. The lowest BCUT2D eigenvalue weighted by molar-refractivity contribution is 0.102. The summed E-state index contributed by atoms with van der Waals surface area (Å²) in [4.78, 5) is 15.0. The van der Waals surface area contributed by atoms with Gasteiger partial charge in [0.25, 0.3) is 5.91 Å². The summed E-state index contributed by atoms with van der Waals surface area (Å²) in [7, 11) is 2.14. The van der Waals surface area contributed by atoms with Gasteiger partial charge in [-0.2, -0.15) is 0 Å².